The van der Waals surface area contributed by atoms with Crippen molar-refractivity contribution >= 4 is 46.2 Å². The Kier molecular flexibility index (Phi) is 6.83. The molecule has 5 nitrogen and oxygen atoms in total. The van der Waals surface area contributed by atoms with E-state index < -0.39 is 17.9 Å². The summed E-state index contributed by atoms with van der Waals surface area (Å²) in [5.74, 6) is -1.05. The van der Waals surface area contributed by atoms with Crippen molar-refractivity contribution in [2.75, 3.05) is 0 Å². The van der Waals surface area contributed by atoms with Crippen molar-refractivity contribution in [1.82, 2.24) is 10.3 Å². The average molecular weight is 435 g/mol. The van der Waals surface area contributed by atoms with Crippen LogP contribution in [-0.2, 0) is 16.1 Å². The number of hydrogen-bond donors (Lipinski definition) is 1. The minimum Gasteiger partial charge on any atom is -0.458 e. The molecule has 0 saturated carbocycles. The van der Waals surface area contributed by atoms with E-state index in [1.54, 1.807) is 35.6 Å². The largest absolute Gasteiger partial charge is 0.458 e. The third kappa shape index (κ3) is 4.98. The van der Waals surface area contributed by atoms with Crippen molar-refractivity contribution in [2.24, 2.45) is 5.92 Å². The lowest BCUT2D eigenvalue weighted by molar-refractivity contribution is -0.148. The molecule has 0 aliphatic rings. The molecule has 2 heterocycles. The number of amides is 1. The van der Waals surface area contributed by atoms with Gasteiger partial charge in [0.2, 0.25) is 0 Å². The summed E-state index contributed by atoms with van der Waals surface area (Å²) >= 11 is 9.17. The van der Waals surface area contributed by atoms with Gasteiger partial charge in [-0.2, -0.15) is 11.3 Å². The number of nitrogens with zero attached hydrogens (tertiary/aromatic N) is 1. The number of nitrogens with one attached hydrogen (secondary N) is 1. The summed E-state index contributed by atoms with van der Waals surface area (Å²) in [6, 6.07) is 7.92. The van der Waals surface area contributed by atoms with Crippen molar-refractivity contribution in [2.45, 2.75) is 26.5 Å². The van der Waals surface area contributed by atoms with Crippen molar-refractivity contribution in [1.29, 1.82) is 0 Å². The standard InChI is InChI=1S/C20H19ClN2O3S2/c1-12(2)17(23-18(24)15-5-3-4-6-16(15)21)20(25)26-9-14-11-28-19(22-14)13-7-8-27-10-13/h3-8,10-12,17H,9H2,1-2H3,(H,23,24)/t17-/m0/s1. The molecule has 0 unspecified atom stereocenters. The molecule has 3 rings (SSSR count). The van der Waals surface area contributed by atoms with Gasteiger partial charge in [0, 0.05) is 16.3 Å². The number of aromatic nitrogens is 1. The summed E-state index contributed by atoms with van der Waals surface area (Å²) < 4.78 is 5.41. The van der Waals surface area contributed by atoms with Gasteiger partial charge < -0.3 is 10.1 Å². The van der Waals surface area contributed by atoms with Gasteiger partial charge in [0.1, 0.15) is 17.7 Å². The van der Waals surface area contributed by atoms with Gasteiger partial charge in [0.15, 0.2) is 0 Å². The van der Waals surface area contributed by atoms with Gasteiger partial charge in [0.05, 0.1) is 16.3 Å². The number of carbonyl (C=O) groups is 2. The lowest BCUT2D eigenvalue weighted by atomic mass is 10.0. The Morgan fingerprint density at radius 3 is 2.68 bits per heavy atom. The Morgan fingerprint density at radius 1 is 1.21 bits per heavy atom. The van der Waals surface area contributed by atoms with Gasteiger partial charge in [-0.25, -0.2) is 9.78 Å². The van der Waals surface area contributed by atoms with Crippen LogP contribution in [0.4, 0.5) is 0 Å². The fourth-order valence-corrected chi connectivity index (χ4v) is 4.23. The van der Waals surface area contributed by atoms with Crippen LogP contribution in [0.15, 0.2) is 46.5 Å². The maximum atomic E-state index is 12.6. The highest BCUT2D eigenvalue weighted by Crippen LogP contribution is 2.26. The first-order chi connectivity index (χ1) is 13.5. The van der Waals surface area contributed by atoms with E-state index in [-0.39, 0.29) is 12.5 Å². The summed E-state index contributed by atoms with van der Waals surface area (Å²) in [4.78, 5) is 29.5. The van der Waals surface area contributed by atoms with Crippen molar-refractivity contribution in [3.8, 4) is 10.6 Å². The first-order valence-electron chi connectivity index (χ1n) is 8.64. The molecule has 28 heavy (non-hydrogen) atoms. The van der Waals surface area contributed by atoms with Crippen molar-refractivity contribution in [3.63, 3.8) is 0 Å². The molecule has 0 aliphatic heterocycles. The Balaban J connectivity index is 1.62. The van der Waals surface area contributed by atoms with Crippen LogP contribution in [0.2, 0.25) is 5.02 Å². The molecule has 1 aromatic carbocycles. The zero-order valence-corrected chi connectivity index (χ0v) is 17.7. The van der Waals surface area contributed by atoms with Crippen molar-refractivity contribution < 1.29 is 14.3 Å². The molecule has 1 atom stereocenters. The van der Waals surface area contributed by atoms with E-state index in [1.807, 2.05) is 36.1 Å². The number of thiophene rings is 1. The quantitative estimate of drug-likeness (QED) is 0.530. The minimum atomic E-state index is -0.779. The number of carbonyl (C=O) groups excluding carboxylic acids is 2. The van der Waals surface area contributed by atoms with Gasteiger partial charge in [0.25, 0.3) is 5.91 Å². The Hall–Kier alpha value is -2.22. The number of halogens is 1. The first-order valence-corrected chi connectivity index (χ1v) is 10.8. The van der Waals surface area contributed by atoms with Crippen LogP contribution in [0.5, 0.6) is 0 Å². The fraction of sp³-hybridized carbons (Fsp3) is 0.250. The van der Waals surface area contributed by atoms with E-state index in [4.69, 9.17) is 16.3 Å². The van der Waals surface area contributed by atoms with E-state index in [2.05, 4.69) is 10.3 Å². The van der Waals surface area contributed by atoms with E-state index in [9.17, 15) is 9.59 Å². The molecule has 3 aromatic rings. The molecule has 0 spiro atoms. The summed E-state index contributed by atoms with van der Waals surface area (Å²) in [5, 5.41) is 9.83. The highest BCUT2D eigenvalue weighted by molar-refractivity contribution is 7.14. The highest BCUT2D eigenvalue weighted by atomic mass is 35.5. The molecule has 146 valence electrons. The number of thiazole rings is 1. The number of ether oxygens (including phenoxy) is 1. The molecule has 8 heteroatoms. The van der Waals surface area contributed by atoms with Crippen LogP contribution in [-0.4, -0.2) is 22.9 Å². The minimum absolute atomic E-state index is 0.0602. The molecular formula is C20H19ClN2O3S2. The van der Waals surface area contributed by atoms with Gasteiger partial charge in [-0.1, -0.05) is 37.6 Å². The van der Waals surface area contributed by atoms with Crippen LogP contribution < -0.4 is 5.32 Å². The molecule has 2 aromatic heterocycles. The smallest absolute Gasteiger partial charge is 0.329 e. The summed E-state index contributed by atoms with van der Waals surface area (Å²) in [6.07, 6.45) is 0. The third-order valence-corrected chi connectivity index (χ3v) is 5.96. The predicted octanol–water partition coefficient (Wildman–Crippen LogP) is 5.02. The van der Waals surface area contributed by atoms with Crippen LogP contribution in [0.3, 0.4) is 0 Å². The molecule has 0 aliphatic carbocycles. The van der Waals surface area contributed by atoms with Crippen LogP contribution in [0.1, 0.15) is 29.9 Å². The van der Waals surface area contributed by atoms with Crippen LogP contribution in [0.25, 0.3) is 10.6 Å². The maximum Gasteiger partial charge on any atom is 0.329 e. The summed E-state index contributed by atoms with van der Waals surface area (Å²) in [5.41, 5.74) is 2.06. The number of esters is 1. The van der Waals surface area contributed by atoms with Gasteiger partial charge in [-0.15, -0.1) is 11.3 Å². The number of benzene rings is 1. The molecule has 0 bridgehead atoms. The molecule has 0 radical (unpaired) electrons. The molecule has 1 amide bonds. The second-order valence-electron chi connectivity index (χ2n) is 6.44. The fourth-order valence-electron chi connectivity index (χ4n) is 2.49. The summed E-state index contributed by atoms with van der Waals surface area (Å²) in [7, 11) is 0. The SMILES string of the molecule is CC(C)[C@H](NC(=O)c1ccccc1Cl)C(=O)OCc1csc(-c2ccsc2)n1. The van der Waals surface area contributed by atoms with E-state index >= 15 is 0 Å². The van der Waals surface area contributed by atoms with E-state index in [0.29, 0.717) is 16.3 Å². The number of hydrogen-bond acceptors (Lipinski definition) is 6. The third-order valence-electron chi connectivity index (χ3n) is 4.01. The van der Waals surface area contributed by atoms with Crippen LogP contribution in [0, 0.1) is 5.92 Å². The van der Waals surface area contributed by atoms with E-state index in [0.717, 1.165) is 10.6 Å². The number of rotatable bonds is 7. The van der Waals surface area contributed by atoms with Crippen LogP contribution >= 0.6 is 34.3 Å². The molecular weight excluding hydrogens is 416 g/mol. The predicted molar refractivity (Wildman–Crippen MR) is 113 cm³/mol. The highest BCUT2D eigenvalue weighted by Gasteiger charge is 2.27. The van der Waals surface area contributed by atoms with Gasteiger partial charge in [-0.3, -0.25) is 4.79 Å². The second-order valence-corrected chi connectivity index (χ2v) is 8.48. The zero-order valence-electron chi connectivity index (χ0n) is 15.3. The summed E-state index contributed by atoms with van der Waals surface area (Å²) in [6.45, 7) is 3.75. The van der Waals surface area contributed by atoms with E-state index in [1.165, 1.54) is 11.3 Å². The van der Waals surface area contributed by atoms with Crippen molar-refractivity contribution in [3.05, 3.63) is 62.8 Å². The Morgan fingerprint density at radius 2 is 2.00 bits per heavy atom. The first kappa shape index (κ1) is 20.5. The van der Waals surface area contributed by atoms with Gasteiger partial charge >= 0.3 is 5.97 Å². The second kappa shape index (κ2) is 9.32. The topological polar surface area (TPSA) is 68.3 Å². The normalized spacial score (nSPS) is 12.0. The molecule has 1 N–H and O–H groups in total. The Labute approximate surface area is 176 Å². The maximum absolute atomic E-state index is 12.6. The molecule has 0 fully saturated rings. The monoisotopic (exact) mass is 434 g/mol. The van der Waals surface area contributed by atoms with Gasteiger partial charge in [-0.05, 0) is 29.5 Å². The lowest BCUT2D eigenvalue weighted by Crippen LogP contribution is -2.45. The molecule has 0 saturated heterocycles. The zero-order chi connectivity index (χ0) is 20.1. The average Bonchev–Trinajstić information content (AvgIpc) is 3.35. The Bertz CT molecular complexity index is 954. The lowest BCUT2D eigenvalue weighted by Gasteiger charge is -2.21.